The quantitative estimate of drug-likeness (QED) is 0.732. The van der Waals surface area contributed by atoms with Gasteiger partial charge in [0.1, 0.15) is 5.75 Å². The minimum atomic E-state index is 0.482. The Bertz CT molecular complexity index is 351. The smallest absolute Gasteiger partial charge is 0.119 e. The summed E-state index contributed by atoms with van der Waals surface area (Å²) in [6, 6.07) is 7.81. The highest BCUT2D eigenvalue weighted by molar-refractivity contribution is 5.35. The fraction of sp³-hybridized carbons (Fsp3) is 0.538. The summed E-state index contributed by atoms with van der Waals surface area (Å²) in [7, 11) is 0. The molecule has 2 nitrogen and oxygen atoms in total. The maximum atomic E-state index is 9.82. The number of hydrogen-bond donors (Lipinski definition) is 2. The molecule has 15 heavy (non-hydrogen) atoms. The van der Waals surface area contributed by atoms with Gasteiger partial charge in [-0.05, 0) is 55.3 Å². The average Bonchev–Trinajstić information content (AvgIpc) is 2.77. The van der Waals surface area contributed by atoms with Gasteiger partial charge < -0.3 is 10.4 Å². The van der Waals surface area contributed by atoms with Crippen LogP contribution in [0.25, 0.3) is 0 Å². The normalized spacial score (nSPS) is 34.3. The van der Waals surface area contributed by atoms with Crippen LogP contribution >= 0.6 is 0 Å². The van der Waals surface area contributed by atoms with Gasteiger partial charge >= 0.3 is 0 Å². The van der Waals surface area contributed by atoms with Crippen LogP contribution in [0.15, 0.2) is 24.3 Å². The molecule has 0 radical (unpaired) electrons. The highest BCUT2D eigenvalue weighted by atomic mass is 16.3. The molecule has 1 aromatic rings. The molecule has 1 aliphatic heterocycles. The summed E-state index contributed by atoms with van der Waals surface area (Å²) in [5, 5.41) is 13.3. The molecule has 2 unspecified atom stereocenters. The van der Waals surface area contributed by atoms with Gasteiger partial charge in [0.05, 0.1) is 0 Å². The topological polar surface area (TPSA) is 32.3 Å². The zero-order valence-electron chi connectivity index (χ0n) is 8.82. The van der Waals surface area contributed by atoms with Gasteiger partial charge in [-0.1, -0.05) is 18.2 Å². The van der Waals surface area contributed by atoms with Crippen LogP contribution in [0.2, 0.25) is 0 Å². The van der Waals surface area contributed by atoms with Crippen LogP contribution in [0, 0.1) is 11.8 Å². The van der Waals surface area contributed by atoms with E-state index >= 15 is 0 Å². The Morgan fingerprint density at radius 1 is 1.07 bits per heavy atom. The van der Waals surface area contributed by atoms with Gasteiger partial charge in [-0.15, -0.1) is 0 Å². The molecule has 80 valence electrons. The molecule has 1 saturated carbocycles. The Labute approximate surface area is 90.3 Å². The highest BCUT2D eigenvalue weighted by Gasteiger charge is 2.38. The number of nitrogens with one attached hydrogen (secondary N) is 1. The van der Waals surface area contributed by atoms with E-state index in [2.05, 4.69) is 11.4 Å². The lowest BCUT2D eigenvalue weighted by molar-refractivity contribution is 0.457. The minimum Gasteiger partial charge on any atom is -0.508 e. The summed E-state index contributed by atoms with van der Waals surface area (Å²) in [6.45, 7) is 2.35. The third-order valence-corrected chi connectivity index (χ3v) is 4.03. The summed E-state index contributed by atoms with van der Waals surface area (Å²) >= 11 is 0. The van der Waals surface area contributed by atoms with E-state index in [1.54, 1.807) is 0 Å². The Balaban J connectivity index is 1.82. The van der Waals surface area contributed by atoms with Crippen LogP contribution in [0.3, 0.4) is 0 Å². The van der Waals surface area contributed by atoms with Crippen LogP contribution in [-0.4, -0.2) is 18.2 Å². The maximum absolute atomic E-state index is 9.82. The number of benzene rings is 1. The van der Waals surface area contributed by atoms with Crippen molar-refractivity contribution < 1.29 is 5.11 Å². The second-order valence-corrected chi connectivity index (χ2v) is 4.91. The van der Waals surface area contributed by atoms with Crippen LogP contribution in [-0.2, 0) is 0 Å². The average molecular weight is 203 g/mol. The van der Waals surface area contributed by atoms with Crippen molar-refractivity contribution in [2.45, 2.75) is 18.8 Å². The first-order chi connectivity index (χ1) is 7.34. The first-order valence-electron chi connectivity index (χ1n) is 5.83. The minimum absolute atomic E-state index is 0.482. The van der Waals surface area contributed by atoms with E-state index in [0.29, 0.717) is 11.7 Å². The van der Waals surface area contributed by atoms with Crippen molar-refractivity contribution in [2.75, 3.05) is 13.1 Å². The van der Waals surface area contributed by atoms with Crippen molar-refractivity contribution in [1.82, 2.24) is 5.32 Å². The predicted molar refractivity (Wildman–Crippen MR) is 59.9 cm³/mol. The molecule has 0 aromatic heterocycles. The molecule has 2 N–H and O–H groups in total. The number of fused-ring (bicyclic) bond motifs is 1. The molecule has 3 rings (SSSR count). The Hall–Kier alpha value is -1.02. The standard InChI is InChI=1S/C13H17NO/c15-13-4-2-1-3-12(13)9-5-10-7-14-8-11(10)6-9/h1-4,9-11,14-15H,5-8H2. The van der Waals surface area contributed by atoms with E-state index in [9.17, 15) is 5.11 Å². The van der Waals surface area contributed by atoms with E-state index in [1.165, 1.54) is 25.9 Å². The van der Waals surface area contributed by atoms with Crippen molar-refractivity contribution in [2.24, 2.45) is 11.8 Å². The lowest BCUT2D eigenvalue weighted by Gasteiger charge is -2.13. The largest absolute Gasteiger partial charge is 0.508 e. The maximum Gasteiger partial charge on any atom is 0.119 e. The summed E-state index contributed by atoms with van der Waals surface area (Å²) in [4.78, 5) is 0. The SMILES string of the molecule is Oc1ccccc1C1CC2CNCC2C1. The van der Waals surface area contributed by atoms with Crippen molar-refractivity contribution in [1.29, 1.82) is 0 Å². The monoisotopic (exact) mass is 203 g/mol. The Morgan fingerprint density at radius 3 is 2.40 bits per heavy atom. The van der Waals surface area contributed by atoms with Crippen molar-refractivity contribution in [3.8, 4) is 5.75 Å². The second kappa shape index (κ2) is 3.53. The van der Waals surface area contributed by atoms with Crippen molar-refractivity contribution in [3.63, 3.8) is 0 Å². The first-order valence-corrected chi connectivity index (χ1v) is 5.83. The van der Waals surface area contributed by atoms with Crippen molar-refractivity contribution >= 4 is 0 Å². The van der Waals surface area contributed by atoms with Crippen LogP contribution < -0.4 is 5.32 Å². The first kappa shape index (κ1) is 9.22. The predicted octanol–water partition coefficient (Wildman–Crippen LogP) is 2.11. The molecule has 2 heteroatoms. The summed E-state index contributed by atoms with van der Waals surface area (Å²) in [6.07, 6.45) is 2.49. The number of para-hydroxylation sites is 1. The van der Waals surface area contributed by atoms with E-state index in [0.717, 1.165) is 17.4 Å². The molecule has 2 atom stereocenters. The fourth-order valence-electron chi connectivity index (χ4n) is 3.25. The third kappa shape index (κ3) is 1.53. The lowest BCUT2D eigenvalue weighted by atomic mass is 9.95. The molecule has 1 heterocycles. The molecular weight excluding hydrogens is 186 g/mol. The molecule has 0 bridgehead atoms. The number of aromatic hydroxyl groups is 1. The van der Waals surface area contributed by atoms with Gasteiger partial charge in [0.15, 0.2) is 0 Å². The summed E-state index contributed by atoms with van der Waals surface area (Å²) in [5.41, 5.74) is 1.16. The number of phenols is 1. The van der Waals surface area contributed by atoms with Gasteiger partial charge in [0.25, 0.3) is 0 Å². The van der Waals surface area contributed by atoms with E-state index in [1.807, 2.05) is 18.2 Å². The molecule has 1 saturated heterocycles. The summed E-state index contributed by atoms with van der Waals surface area (Å²) in [5.74, 6) is 2.75. The highest BCUT2D eigenvalue weighted by Crippen LogP contribution is 2.45. The van der Waals surface area contributed by atoms with E-state index < -0.39 is 0 Å². The van der Waals surface area contributed by atoms with E-state index in [4.69, 9.17) is 0 Å². The third-order valence-electron chi connectivity index (χ3n) is 4.03. The number of hydrogen-bond acceptors (Lipinski definition) is 2. The van der Waals surface area contributed by atoms with Gasteiger partial charge in [-0.3, -0.25) is 0 Å². The molecule has 1 aliphatic carbocycles. The Morgan fingerprint density at radius 2 is 1.73 bits per heavy atom. The molecule has 1 aromatic carbocycles. The van der Waals surface area contributed by atoms with Gasteiger partial charge in [0.2, 0.25) is 0 Å². The fourth-order valence-corrected chi connectivity index (χ4v) is 3.25. The number of rotatable bonds is 1. The lowest BCUT2D eigenvalue weighted by Crippen LogP contribution is -2.11. The number of phenolic OH excluding ortho intramolecular Hbond substituents is 1. The molecule has 0 amide bonds. The molecule has 2 aliphatic rings. The molecule has 0 spiro atoms. The Kier molecular flexibility index (Phi) is 2.17. The van der Waals surface area contributed by atoms with Crippen LogP contribution in [0.5, 0.6) is 5.75 Å². The van der Waals surface area contributed by atoms with Gasteiger partial charge in [0, 0.05) is 0 Å². The van der Waals surface area contributed by atoms with E-state index in [-0.39, 0.29) is 0 Å². The van der Waals surface area contributed by atoms with Crippen LogP contribution in [0.4, 0.5) is 0 Å². The van der Waals surface area contributed by atoms with Gasteiger partial charge in [-0.2, -0.15) is 0 Å². The van der Waals surface area contributed by atoms with Crippen LogP contribution in [0.1, 0.15) is 24.3 Å². The zero-order chi connectivity index (χ0) is 10.3. The molecule has 2 fully saturated rings. The molecular formula is C13H17NO. The van der Waals surface area contributed by atoms with Crippen molar-refractivity contribution in [3.05, 3.63) is 29.8 Å². The zero-order valence-corrected chi connectivity index (χ0v) is 8.82. The second-order valence-electron chi connectivity index (χ2n) is 4.91. The summed E-state index contributed by atoms with van der Waals surface area (Å²) < 4.78 is 0. The van der Waals surface area contributed by atoms with Gasteiger partial charge in [-0.25, -0.2) is 0 Å².